The van der Waals surface area contributed by atoms with Gasteiger partial charge in [0.1, 0.15) is 11.6 Å². The molecule has 1 aromatic heterocycles. The van der Waals surface area contributed by atoms with Crippen molar-refractivity contribution in [1.82, 2.24) is 15.3 Å². The number of H-pyrrole nitrogens is 1. The predicted molar refractivity (Wildman–Crippen MR) is 94.4 cm³/mol. The van der Waals surface area contributed by atoms with Gasteiger partial charge in [-0.05, 0) is 35.9 Å². The Kier molecular flexibility index (Phi) is 5.40. The zero-order valence-electron chi connectivity index (χ0n) is 13.0. The second-order valence-electron chi connectivity index (χ2n) is 5.32. The van der Waals surface area contributed by atoms with Crippen LogP contribution < -0.4 is 5.32 Å². The van der Waals surface area contributed by atoms with Crippen LogP contribution in [-0.4, -0.2) is 22.7 Å². The number of amides is 1. The van der Waals surface area contributed by atoms with Crippen molar-refractivity contribution < 1.29 is 13.9 Å². The molecular weight excluding hydrogens is 368 g/mol. The Morgan fingerprint density at radius 2 is 2.08 bits per heavy atom. The number of ether oxygens (including phenoxy) is 1. The number of nitrogens with zero attached hydrogens (tertiary/aromatic N) is 1. The van der Waals surface area contributed by atoms with E-state index in [9.17, 15) is 9.18 Å². The Morgan fingerprint density at radius 1 is 1.24 bits per heavy atom. The highest BCUT2D eigenvalue weighted by atomic mass is 35.5. The minimum atomic E-state index is -0.572. The van der Waals surface area contributed by atoms with Gasteiger partial charge in [-0.25, -0.2) is 14.2 Å². The van der Waals surface area contributed by atoms with Crippen molar-refractivity contribution in [2.45, 2.75) is 13.0 Å². The van der Waals surface area contributed by atoms with E-state index in [1.54, 1.807) is 24.3 Å². The topological polar surface area (TPSA) is 67.0 Å². The van der Waals surface area contributed by atoms with Gasteiger partial charge in [0.15, 0.2) is 0 Å². The van der Waals surface area contributed by atoms with Crippen LogP contribution >= 0.6 is 23.2 Å². The minimum absolute atomic E-state index is 0.150. The number of carbonyl (C=O) groups excluding carboxylic acids is 1. The molecule has 0 spiro atoms. The van der Waals surface area contributed by atoms with Crippen molar-refractivity contribution in [3.05, 3.63) is 63.6 Å². The van der Waals surface area contributed by atoms with E-state index in [1.165, 1.54) is 12.1 Å². The van der Waals surface area contributed by atoms with Gasteiger partial charge in [-0.1, -0.05) is 29.3 Å². The molecule has 0 unspecified atom stereocenters. The second-order valence-corrected chi connectivity index (χ2v) is 6.16. The highest BCUT2D eigenvalue weighted by Crippen LogP contribution is 2.21. The molecule has 0 fully saturated rings. The number of carbonyl (C=O) groups is 1. The van der Waals surface area contributed by atoms with Gasteiger partial charge in [-0.2, -0.15) is 0 Å². The van der Waals surface area contributed by atoms with Gasteiger partial charge in [0.05, 0.1) is 24.2 Å². The first-order valence-corrected chi connectivity index (χ1v) is 8.25. The number of fused-ring (bicyclic) bond motifs is 1. The first kappa shape index (κ1) is 17.5. The normalized spacial score (nSPS) is 10.8. The Labute approximate surface area is 153 Å². The quantitative estimate of drug-likeness (QED) is 0.684. The monoisotopic (exact) mass is 381 g/mol. The average Bonchev–Trinajstić information content (AvgIpc) is 2.97. The molecule has 0 saturated carbocycles. The lowest BCUT2D eigenvalue weighted by atomic mass is 10.2. The number of rotatable bonds is 5. The van der Waals surface area contributed by atoms with E-state index < -0.39 is 6.09 Å². The zero-order chi connectivity index (χ0) is 17.8. The summed E-state index contributed by atoms with van der Waals surface area (Å²) in [6.07, 6.45) is -0.0930. The van der Waals surface area contributed by atoms with Crippen LogP contribution in [0.15, 0.2) is 36.4 Å². The molecule has 1 heterocycles. The van der Waals surface area contributed by atoms with Gasteiger partial charge in [0, 0.05) is 16.5 Å². The van der Waals surface area contributed by atoms with E-state index >= 15 is 0 Å². The average molecular weight is 382 g/mol. The lowest BCUT2D eigenvalue weighted by Crippen LogP contribution is -2.25. The lowest BCUT2D eigenvalue weighted by molar-refractivity contribution is 0.146. The number of hydrogen-bond donors (Lipinski definition) is 2. The first-order chi connectivity index (χ1) is 12.0. The Morgan fingerprint density at radius 3 is 2.88 bits per heavy atom. The number of alkyl carbamates (subject to hydrolysis) is 1. The van der Waals surface area contributed by atoms with Crippen LogP contribution in [0.2, 0.25) is 10.0 Å². The molecule has 0 atom stereocenters. The molecule has 3 aromatic rings. The van der Waals surface area contributed by atoms with Crippen LogP contribution in [0.5, 0.6) is 0 Å². The predicted octanol–water partition coefficient (Wildman–Crippen LogP) is 4.48. The van der Waals surface area contributed by atoms with Crippen LogP contribution in [-0.2, 0) is 17.7 Å². The molecule has 0 aliphatic rings. The largest absolute Gasteiger partial charge is 0.449 e. The summed E-state index contributed by atoms with van der Waals surface area (Å²) in [4.78, 5) is 18.9. The van der Waals surface area contributed by atoms with Crippen LogP contribution in [0.3, 0.4) is 0 Å². The molecule has 1 amide bonds. The summed E-state index contributed by atoms with van der Waals surface area (Å²) in [7, 11) is 0. The summed E-state index contributed by atoms with van der Waals surface area (Å²) in [6.45, 7) is 0.329. The number of nitrogens with one attached hydrogen (secondary N) is 2. The smallest absolute Gasteiger partial charge is 0.407 e. The molecule has 5 nitrogen and oxygen atoms in total. The number of aromatic nitrogens is 2. The maximum atomic E-state index is 13.1. The molecular formula is C17H14Cl2FN3O2. The maximum Gasteiger partial charge on any atom is 0.407 e. The summed E-state index contributed by atoms with van der Waals surface area (Å²) < 4.78 is 18.2. The van der Waals surface area contributed by atoms with E-state index in [-0.39, 0.29) is 19.0 Å². The van der Waals surface area contributed by atoms with E-state index in [4.69, 9.17) is 27.9 Å². The highest BCUT2D eigenvalue weighted by molar-refractivity contribution is 6.35. The van der Waals surface area contributed by atoms with Crippen LogP contribution in [0.25, 0.3) is 11.0 Å². The molecule has 8 heteroatoms. The van der Waals surface area contributed by atoms with Crippen molar-refractivity contribution in [3.63, 3.8) is 0 Å². The lowest BCUT2D eigenvalue weighted by Gasteiger charge is -2.07. The fourth-order valence-electron chi connectivity index (χ4n) is 2.30. The standard InChI is InChI=1S/C17H14Cl2FN3O2/c18-11-2-1-10(13(19)7-11)5-6-25-17(24)21-9-16-22-14-4-3-12(20)8-15(14)23-16/h1-4,7-8H,5-6,9H2,(H,21,24)(H,22,23). The molecule has 0 saturated heterocycles. The second kappa shape index (κ2) is 7.72. The van der Waals surface area contributed by atoms with Crippen molar-refractivity contribution in [2.24, 2.45) is 0 Å². The number of halogens is 3. The Hall–Kier alpha value is -2.31. The molecule has 0 bridgehead atoms. The van der Waals surface area contributed by atoms with Crippen molar-refractivity contribution in [2.75, 3.05) is 6.61 Å². The van der Waals surface area contributed by atoms with Crippen LogP contribution in [0.1, 0.15) is 11.4 Å². The number of benzene rings is 2. The number of hydrogen-bond acceptors (Lipinski definition) is 3. The summed E-state index contributed by atoms with van der Waals surface area (Å²) in [5, 5.41) is 3.67. The van der Waals surface area contributed by atoms with Gasteiger partial charge < -0.3 is 15.0 Å². The third-order valence-corrected chi connectivity index (χ3v) is 4.10. The number of imidazole rings is 1. The van der Waals surface area contributed by atoms with Crippen molar-refractivity contribution in [3.8, 4) is 0 Å². The first-order valence-electron chi connectivity index (χ1n) is 7.50. The minimum Gasteiger partial charge on any atom is -0.449 e. The summed E-state index contributed by atoms with van der Waals surface area (Å²) in [5.74, 6) is 0.161. The van der Waals surface area contributed by atoms with Crippen molar-refractivity contribution in [1.29, 1.82) is 0 Å². The zero-order valence-corrected chi connectivity index (χ0v) is 14.5. The summed E-state index contributed by atoms with van der Waals surface area (Å²) in [5.41, 5.74) is 2.05. The third-order valence-electron chi connectivity index (χ3n) is 3.51. The van der Waals surface area contributed by atoms with E-state index in [0.717, 1.165) is 5.56 Å². The van der Waals surface area contributed by atoms with Gasteiger partial charge in [-0.15, -0.1) is 0 Å². The van der Waals surface area contributed by atoms with Gasteiger partial charge in [-0.3, -0.25) is 0 Å². The Balaban J connectivity index is 1.47. The summed E-state index contributed by atoms with van der Waals surface area (Å²) in [6, 6.07) is 9.41. The molecule has 0 aliphatic carbocycles. The Bertz CT molecular complexity index is 914. The number of aromatic amines is 1. The summed E-state index contributed by atoms with van der Waals surface area (Å²) >= 11 is 11.9. The fourth-order valence-corrected chi connectivity index (χ4v) is 2.81. The van der Waals surface area contributed by atoms with Crippen molar-refractivity contribution >= 4 is 40.3 Å². The van der Waals surface area contributed by atoms with Crippen LogP contribution in [0, 0.1) is 5.82 Å². The van der Waals surface area contributed by atoms with E-state index in [0.29, 0.717) is 33.3 Å². The molecule has 3 rings (SSSR count). The molecule has 0 aliphatic heterocycles. The fraction of sp³-hybridized carbons (Fsp3) is 0.176. The van der Waals surface area contributed by atoms with E-state index in [1.807, 2.05) is 0 Å². The molecule has 2 N–H and O–H groups in total. The SMILES string of the molecule is O=C(NCc1nc2ccc(F)cc2[nH]1)OCCc1ccc(Cl)cc1Cl. The molecule has 130 valence electrons. The maximum absolute atomic E-state index is 13.1. The van der Waals surface area contributed by atoms with Gasteiger partial charge in [0.2, 0.25) is 0 Å². The third kappa shape index (κ3) is 4.61. The molecule has 25 heavy (non-hydrogen) atoms. The van der Waals surface area contributed by atoms with Gasteiger partial charge in [0.25, 0.3) is 0 Å². The van der Waals surface area contributed by atoms with Crippen LogP contribution in [0.4, 0.5) is 9.18 Å². The molecule has 2 aromatic carbocycles. The highest BCUT2D eigenvalue weighted by Gasteiger charge is 2.08. The molecule has 0 radical (unpaired) electrons. The van der Waals surface area contributed by atoms with E-state index in [2.05, 4.69) is 15.3 Å². The van der Waals surface area contributed by atoms with Gasteiger partial charge >= 0.3 is 6.09 Å².